The molecule has 0 aliphatic rings. The standard InChI is InChI=1S/C14H15F2N3/c1-9-18-6-5-13(19-9)14(17-2)8-10-3-4-11(15)12(16)7-10/h3-7,14,17H,8H2,1-2H3. The highest BCUT2D eigenvalue weighted by Crippen LogP contribution is 2.18. The average Bonchev–Trinajstić information content (AvgIpc) is 2.40. The number of benzene rings is 1. The first-order valence-electron chi connectivity index (χ1n) is 6.01. The van der Waals surface area contributed by atoms with Crippen molar-refractivity contribution in [3.8, 4) is 0 Å². The van der Waals surface area contributed by atoms with Crippen LogP contribution in [-0.4, -0.2) is 17.0 Å². The van der Waals surface area contributed by atoms with Crippen LogP contribution in [0.15, 0.2) is 30.5 Å². The fourth-order valence-corrected chi connectivity index (χ4v) is 1.93. The minimum absolute atomic E-state index is 0.0634. The zero-order valence-electron chi connectivity index (χ0n) is 10.8. The van der Waals surface area contributed by atoms with Gasteiger partial charge in [-0.05, 0) is 44.2 Å². The first kappa shape index (κ1) is 13.5. The summed E-state index contributed by atoms with van der Waals surface area (Å²) in [5.41, 5.74) is 1.55. The quantitative estimate of drug-likeness (QED) is 0.921. The number of aromatic nitrogens is 2. The Morgan fingerprint density at radius 3 is 2.63 bits per heavy atom. The molecule has 0 radical (unpaired) electrons. The number of halogens is 2. The van der Waals surface area contributed by atoms with Gasteiger partial charge in [-0.3, -0.25) is 0 Å². The molecule has 0 aliphatic heterocycles. The van der Waals surface area contributed by atoms with E-state index in [0.717, 1.165) is 17.3 Å². The second-order valence-corrected chi connectivity index (χ2v) is 4.32. The van der Waals surface area contributed by atoms with Gasteiger partial charge < -0.3 is 5.32 Å². The summed E-state index contributed by atoms with van der Waals surface area (Å²) in [6.45, 7) is 1.81. The van der Waals surface area contributed by atoms with Gasteiger partial charge in [0.15, 0.2) is 11.6 Å². The molecular weight excluding hydrogens is 248 g/mol. The lowest BCUT2D eigenvalue weighted by Crippen LogP contribution is -2.20. The summed E-state index contributed by atoms with van der Waals surface area (Å²) in [4.78, 5) is 8.38. The van der Waals surface area contributed by atoms with Gasteiger partial charge in [0.25, 0.3) is 0 Å². The zero-order chi connectivity index (χ0) is 13.8. The van der Waals surface area contributed by atoms with Crippen LogP contribution < -0.4 is 5.32 Å². The maximum atomic E-state index is 13.2. The molecule has 1 unspecified atom stereocenters. The van der Waals surface area contributed by atoms with Crippen LogP contribution in [0.1, 0.15) is 23.1 Å². The SMILES string of the molecule is CNC(Cc1ccc(F)c(F)c1)c1ccnc(C)n1. The van der Waals surface area contributed by atoms with Crippen molar-refractivity contribution in [2.24, 2.45) is 0 Å². The highest BCUT2D eigenvalue weighted by molar-refractivity contribution is 5.21. The van der Waals surface area contributed by atoms with Crippen molar-refractivity contribution in [3.05, 3.63) is 59.2 Å². The van der Waals surface area contributed by atoms with Crippen LogP contribution in [0.3, 0.4) is 0 Å². The zero-order valence-corrected chi connectivity index (χ0v) is 10.8. The summed E-state index contributed by atoms with van der Waals surface area (Å²) in [7, 11) is 1.81. The predicted molar refractivity (Wildman–Crippen MR) is 68.6 cm³/mol. The molecule has 3 nitrogen and oxygen atoms in total. The first-order chi connectivity index (χ1) is 9.10. The molecule has 1 aromatic carbocycles. The van der Waals surface area contributed by atoms with E-state index in [1.54, 1.807) is 12.3 Å². The number of nitrogens with one attached hydrogen (secondary N) is 1. The molecule has 0 fully saturated rings. The lowest BCUT2D eigenvalue weighted by molar-refractivity contribution is 0.504. The summed E-state index contributed by atoms with van der Waals surface area (Å²) in [6.07, 6.45) is 2.22. The van der Waals surface area contributed by atoms with Crippen LogP contribution in [0.4, 0.5) is 8.78 Å². The van der Waals surface area contributed by atoms with Crippen LogP contribution >= 0.6 is 0 Å². The van der Waals surface area contributed by atoms with E-state index in [2.05, 4.69) is 15.3 Å². The average molecular weight is 263 g/mol. The van der Waals surface area contributed by atoms with E-state index in [1.807, 2.05) is 20.0 Å². The molecule has 0 bridgehead atoms. The molecule has 0 aliphatic carbocycles. The molecule has 1 atom stereocenters. The van der Waals surface area contributed by atoms with E-state index >= 15 is 0 Å². The molecule has 1 aromatic heterocycles. The second-order valence-electron chi connectivity index (χ2n) is 4.32. The Labute approximate surface area is 110 Å². The van der Waals surface area contributed by atoms with Gasteiger partial charge in [-0.15, -0.1) is 0 Å². The van der Waals surface area contributed by atoms with Gasteiger partial charge >= 0.3 is 0 Å². The van der Waals surface area contributed by atoms with Gasteiger partial charge in [-0.25, -0.2) is 18.7 Å². The first-order valence-corrected chi connectivity index (χ1v) is 6.01. The largest absolute Gasteiger partial charge is 0.311 e. The molecule has 2 aromatic rings. The molecule has 0 saturated heterocycles. The number of aryl methyl sites for hydroxylation is 1. The number of hydrogen-bond donors (Lipinski definition) is 1. The van der Waals surface area contributed by atoms with Gasteiger partial charge in [-0.1, -0.05) is 6.07 Å². The van der Waals surface area contributed by atoms with Crippen molar-refractivity contribution < 1.29 is 8.78 Å². The molecule has 1 N–H and O–H groups in total. The van der Waals surface area contributed by atoms with Gasteiger partial charge in [0, 0.05) is 6.20 Å². The highest BCUT2D eigenvalue weighted by Gasteiger charge is 2.13. The Morgan fingerprint density at radius 2 is 2.00 bits per heavy atom. The molecule has 2 rings (SSSR count). The van der Waals surface area contributed by atoms with E-state index < -0.39 is 11.6 Å². The van der Waals surface area contributed by atoms with Crippen LogP contribution in [0.25, 0.3) is 0 Å². The molecule has 1 heterocycles. The third kappa shape index (κ3) is 3.32. The van der Waals surface area contributed by atoms with Crippen molar-refractivity contribution >= 4 is 0 Å². The van der Waals surface area contributed by atoms with Crippen LogP contribution in [0, 0.1) is 18.6 Å². The summed E-state index contributed by atoms with van der Waals surface area (Å²) in [5.74, 6) is -0.975. The minimum Gasteiger partial charge on any atom is -0.311 e. The van der Waals surface area contributed by atoms with Gasteiger partial charge in [0.2, 0.25) is 0 Å². The van der Waals surface area contributed by atoms with Crippen molar-refractivity contribution in [3.63, 3.8) is 0 Å². The van der Waals surface area contributed by atoms with E-state index in [9.17, 15) is 8.78 Å². The number of hydrogen-bond acceptors (Lipinski definition) is 3. The van der Waals surface area contributed by atoms with E-state index in [-0.39, 0.29) is 6.04 Å². The van der Waals surface area contributed by atoms with Crippen molar-refractivity contribution in [2.45, 2.75) is 19.4 Å². The van der Waals surface area contributed by atoms with Gasteiger partial charge in [0.05, 0.1) is 11.7 Å². The van der Waals surface area contributed by atoms with Gasteiger partial charge in [0.1, 0.15) is 5.82 Å². The molecule has 19 heavy (non-hydrogen) atoms. The van der Waals surface area contributed by atoms with E-state index in [1.165, 1.54) is 6.07 Å². The summed E-state index contributed by atoms with van der Waals surface area (Å²) in [5, 5.41) is 3.12. The van der Waals surface area contributed by atoms with Crippen LogP contribution in [0.5, 0.6) is 0 Å². The summed E-state index contributed by atoms with van der Waals surface area (Å²) >= 11 is 0. The maximum absolute atomic E-state index is 13.2. The van der Waals surface area contributed by atoms with Crippen molar-refractivity contribution in [1.29, 1.82) is 0 Å². The Hall–Kier alpha value is -1.88. The Bertz CT molecular complexity index is 572. The van der Waals surface area contributed by atoms with Crippen LogP contribution in [-0.2, 0) is 6.42 Å². The Morgan fingerprint density at radius 1 is 1.21 bits per heavy atom. The number of nitrogens with zero attached hydrogens (tertiary/aromatic N) is 2. The maximum Gasteiger partial charge on any atom is 0.159 e. The molecule has 0 spiro atoms. The third-order valence-electron chi connectivity index (χ3n) is 2.93. The number of rotatable bonds is 4. The smallest absolute Gasteiger partial charge is 0.159 e. The third-order valence-corrected chi connectivity index (χ3v) is 2.93. The minimum atomic E-state index is -0.831. The number of likely N-dealkylation sites (N-methyl/N-ethyl adjacent to an activating group) is 1. The van der Waals surface area contributed by atoms with E-state index in [0.29, 0.717) is 12.2 Å². The summed E-state index contributed by atoms with van der Waals surface area (Å²) in [6, 6.07) is 5.69. The lowest BCUT2D eigenvalue weighted by Gasteiger charge is -2.16. The fourth-order valence-electron chi connectivity index (χ4n) is 1.93. The topological polar surface area (TPSA) is 37.8 Å². The predicted octanol–water partition coefficient (Wildman–Crippen LogP) is 2.57. The van der Waals surface area contributed by atoms with Crippen molar-refractivity contribution in [1.82, 2.24) is 15.3 Å². The molecule has 0 saturated carbocycles. The monoisotopic (exact) mass is 263 g/mol. The van der Waals surface area contributed by atoms with Gasteiger partial charge in [-0.2, -0.15) is 0 Å². The summed E-state index contributed by atoms with van der Waals surface area (Å²) < 4.78 is 26.1. The second kappa shape index (κ2) is 5.84. The molecular formula is C14H15F2N3. The Balaban J connectivity index is 2.21. The molecule has 0 amide bonds. The Kier molecular flexibility index (Phi) is 4.16. The molecule has 5 heteroatoms. The van der Waals surface area contributed by atoms with E-state index in [4.69, 9.17) is 0 Å². The molecule has 100 valence electrons. The fraction of sp³-hybridized carbons (Fsp3) is 0.286. The lowest BCUT2D eigenvalue weighted by atomic mass is 10.0. The van der Waals surface area contributed by atoms with Crippen LogP contribution in [0.2, 0.25) is 0 Å². The van der Waals surface area contributed by atoms with Crippen molar-refractivity contribution in [2.75, 3.05) is 7.05 Å². The normalized spacial score (nSPS) is 12.4. The highest BCUT2D eigenvalue weighted by atomic mass is 19.2.